The van der Waals surface area contributed by atoms with Crippen LogP contribution in [0.5, 0.6) is 0 Å². The average Bonchev–Trinajstić information content (AvgIpc) is 2.11. The van der Waals surface area contributed by atoms with E-state index in [0.29, 0.717) is 6.10 Å². The minimum atomic E-state index is 0.450. The molecule has 0 spiro atoms. The lowest BCUT2D eigenvalue weighted by Gasteiger charge is -2.13. The lowest BCUT2D eigenvalue weighted by atomic mass is 10.5. The summed E-state index contributed by atoms with van der Waals surface area (Å²) in [5.41, 5.74) is 0. The fourth-order valence-corrected chi connectivity index (χ4v) is 2.67. The number of rotatable bonds is 8. The minimum Gasteiger partial charge on any atom is -0.380 e. The van der Waals surface area contributed by atoms with Gasteiger partial charge in [-0.1, -0.05) is 13.8 Å². The average molecular weight is 208 g/mol. The van der Waals surface area contributed by atoms with Crippen LogP contribution in [0.2, 0.25) is 0 Å². The van der Waals surface area contributed by atoms with Gasteiger partial charge in [-0.2, -0.15) is 23.5 Å². The second kappa shape index (κ2) is 9.75. The maximum absolute atomic E-state index is 5.36. The first-order chi connectivity index (χ1) is 5.85. The molecule has 0 radical (unpaired) electrons. The highest BCUT2D eigenvalue weighted by atomic mass is 32.2. The van der Waals surface area contributed by atoms with Gasteiger partial charge in [0.2, 0.25) is 0 Å². The van der Waals surface area contributed by atoms with Gasteiger partial charge in [-0.15, -0.1) is 0 Å². The van der Waals surface area contributed by atoms with E-state index in [4.69, 9.17) is 4.74 Å². The third kappa shape index (κ3) is 7.32. The Morgan fingerprint density at radius 3 is 2.33 bits per heavy atom. The Bertz CT molecular complexity index is 88.6. The summed E-state index contributed by atoms with van der Waals surface area (Å²) in [6, 6.07) is 0. The Morgan fingerprint density at radius 1 is 1.17 bits per heavy atom. The van der Waals surface area contributed by atoms with Crippen LogP contribution in [0.4, 0.5) is 0 Å². The summed E-state index contributed by atoms with van der Waals surface area (Å²) in [5, 5.41) is 0. The van der Waals surface area contributed by atoms with Crippen LogP contribution in [0.25, 0.3) is 0 Å². The van der Waals surface area contributed by atoms with E-state index in [1.54, 1.807) is 0 Å². The minimum absolute atomic E-state index is 0.450. The molecule has 0 N–H and O–H groups in total. The summed E-state index contributed by atoms with van der Waals surface area (Å²) < 4.78 is 5.36. The summed E-state index contributed by atoms with van der Waals surface area (Å²) in [4.78, 5) is 0. The zero-order valence-electron chi connectivity index (χ0n) is 8.34. The molecule has 0 aromatic rings. The Kier molecular flexibility index (Phi) is 10.3. The van der Waals surface area contributed by atoms with E-state index in [-0.39, 0.29) is 0 Å². The number of thioether (sulfide) groups is 2. The maximum Gasteiger partial charge on any atom is 0.0751 e. The van der Waals surface area contributed by atoms with Crippen LogP contribution >= 0.6 is 23.5 Å². The fraction of sp³-hybridized carbons (Fsp3) is 1.00. The molecule has 0 aliphatic rings. The van der Waals surface area contributed by atoms with Crippen molar-refractivity contribution in [3.05, 3.63) is 0 Å². The third-order valence-corrected chi connectivity index (χ3v) is 3.81. The van der Waals surface area contributed by atoms with Crippen molar-refractivity contribution in [2.24, 2.45) is 0 Å². The first-order valence-electron chi connectivity index (χ1n) is 4.53. The van der Waals surface area contributed by atoms with Gasteiger partial charge in [0.25, 0.3) is 0 Å². The highest BCUT2D eigenvalue weighted by Gasteiger charge is 2.05. The molecule has 0 aromatic heterocycles. The molecule has 0 heterocycles. The van der Waals surface area contributed by atoms with Gasteiger partial charge in [0.1, 0.15) is 0 Å². The highest BCUT2D eigenvalue weighted by molar-refractivity contribution is 8.00. The summed E-state index contributed by atoms with van der Waals surface area (Å²) in [6.45, 7) is 4.41. The molecule has 0 bridgehead atoms. The van der Waals surface area contributed by atoms with Gasteiger partial charge in [0.15, 0.2) is 0 Å². The van der Waals surface area contributed by atoms with E-state index < -0.39 is 0 Å². The van der Waals surface area contributed by atoms with Crippen LogP contribution in [0.1, 0.15) is 20.3 Å². The van der Waals surface area contributed by atoms with Crippen molar-refractivity contribution in [2.45, 2.75) is 26.4 Å². The molecule has 74 valence electrons. The predicted octanol–water partition coefficient (Wildman–Crippen LogP) is 2.90. The SMILES string of the molecule is CCCSCC(CSCC)OC. The molecular formula is C9H20OS2. The smallest absolute Gasteiger partial charge is 0.0751 e. The van der Waals surface area contributed by atoms with Crippen LogP contribution in [-0.4, -0.2) is 36.2 Å². The fourth-order valence-electron chi connectivity index (χ4n) is 0.793. The molecule has 12 heavy (non-hydrogen) atoms. The Hall–Kier alpha value is 0.660. The van der Waals surface area contributed by atoms with E-state index >= 15 is 0 Å². The van der Waals surface area contributed by atoms with E-state index in [1.165, 1.54) is 17.9 Å². The Morgan fingerprint density at radius 2 is 1.83 bits per heavy atom. The molecule has 0 aliphatic carbocycles. The molecule has 0 aromatic carbocycles. The number of ether oxygens (including phenoxy) is 1. The van der Waals surface area contributed by atoms with Crippen LogP contribution in [0, 0.1) is 0 Å². The summed E-state index contributed by atoms with van der Waals surface area (Å²) in [5.74, 6) is 4.75. The first kappa shape index (κ1) is 12.7. The lowest BCUT2D eigenvalue weighted by molar-refractivity contribution is 0.141. The second-order valence-corrected chi connectivity index (χ2v) is 5.06. The number of methoxy groups -OCH3 is 1. The van der Waals surface area contributed by atoms with Crippen molar-refractivity contribution in [3.8, 4) is 0 Å². The van der Waals surface area contributed by atoms with Crippen molar-refractivity contribution in [3.63, 3.8) is 0 Å². The zero-order valence-corrected chi connectivity index (χ0v) is 9.97. The molecule has 0 saturated heterocycles. The summed E-state index contributed by atoms with van der Waals surface area (Å²) in [7, 11) is 1.81. The molecule has 0 rings (SSSR count). The Balaban J connectivity index is 3.26. The molecule has 0 aliphatic heterocycles. The van der Waals surface area contributed by atoms with Gasteiger partial charge >= 0.3 is 0 Å². The van der Waals surface area contributed by atoms with Crippen molar-refractivity contribution < 1.29 is 4.74 Å². The number of hydrogen-bond donors (Lipinski definition) is 0. The topological polar surface area (TPSA) is 9.23 Å². The molecular weight excluding hydrogens is 188 g/mol. The molecule has 0 fully saturated rings. The second-order valence-electron chi connectivity index (χ2n) is 2.59. The van der Waals surface area contributed by atoms with Crippen LogP contribution < -0.4 is 0 Å². The monoisotopic (exact) mass is 208 g/mol. The molecule has 1 atom stereocenters. The largest absolute Gasteiger partial charge is 0.380 e. The van der Waals surface area contributed by atoms with Gasteiger partial charge in [-0.25, -0.2) is 0 Å². The van der Waals surface area contributed by atoms with E-state index in [2.05, 4.69) is 13.8 Å². The Labute approximate surface area is 85.0 Å². The molecule has 0 saturated carbocycles. The van der Waals surface area contributed by atoms with Gasteiger partial charge in [0, 0.05) is 18.6 Å². The zero-order chi connectivity index (χ0) is 9.23. The normalized spacial score (nSPS) is 13.2. The third-order valence-electron chi connectivity index (χ3n) is 1.49. The van der Waals surface area contributed by atoms with Gasteiger partial charge in [-0.3, -0.25) is 0 Å². The number of hydrogen-bond acceptors (Lipinski definition) is 3. The van der Waals surface area contributed by atoms with E-state index in [0.717, 1.165) is 11.5 Å². The molecule has 0 amide bonds. The van der Waals surface area contributed by atoms with Crippen LogP contribution in [-0.2, 0) is 4.74 Å². The first-order valence-corrected chi connectivity index (χ1v) is 6.84. The van der Waals surface area contributed by atoms with Gasteiger partial charge < -0.3 is 4.74 Å². The van der Waals surface area contributed by atoms with Gasteiger partial charge in [0.05, 0.1) is 6.10 Å². The highest BCUT2D eigenvalue weighted by Crippen LogP contribution is 2.11. The van der Waals surface area contributed by atoms with Crippen LogP contribution in [0.15, 0.2) is 0 Å². The predicted molar refractivity (Wildman–Crippen MR) is 61.4 cm³/mol. The molecule has 1 unspecified atom stereocenters. The van der Waals surface area contributed by atoms with Crippen LogP contribution in [0.3, 0.4) is 0 Å². The van der Waals surface area contributed by atoms with Crippen molar-refractivity contribution >= 4 is 23.5 Å². The standard InChI is InChI=1S/C9H20OS2/c1-4-6-12-8-9(10-3)7-11-5-2/h9H,4-8H2,1-3H3. The quantitative estimate of drug-likeness (QED) is 0.568. The summed E-state index contributed by atoms with van der Waals surface area (Å²) >= 11 is 3.96. The van der Waals surface area contributed by atoms with E-state index in [9.17, 15) is 0 Å². The van der Waals surface area contributed by atoms with Gasteiger partial charge in [-0.05, 0) is 17.9 Å². The van der Waals surface area contributed by atoms with Crippen molar-refractivity contribution in [1.29, 1.82) is 0 Å². The molecule has 1 nitrogen and oxygen atoms in total. The maximum atomic E-state index is 5.36. The van der Waals surface area contributed by atoms with Crippen molar-refractivity contribution in [2.75, 3.05) is 30.1 Å². The lowest BCUT2D eigenvalue weighted by Crippen LogP contribution is -2.17. The van der Waals surface area contributed by atoms with E-state index in [1.807, 2.05) is 30.6 Å². The van der Waals surface area contributed by atoms with Crippen molar-refractivity contribution in [1.82, 2.24) is 0 Å². The summed E-state index contributed by atoms with van der Waals surface area (Å²) in [6.07, 6.45) is 1.72. The molecule has 3 heteroatoms.